The fraction of sp³-hybridized carbons (Fsp3) is 0.500. The van der Waals surface area contributed by atoms with Crippen LogP contribution < -0.4 is 14.8 Å². The van der Waals surface area contributed by atoms with E-state index in [2.05, 4.69) is 5.32 Å². The van der Waals surface area contributed by atoms with Crippen molar-refractivity contribution in [3.63, 3.8) is 0 Å². The highest BCUT2D eigenvalue weighted by Crippen LogP contribution is 2.32. The molecular weight excluding hydrogens is 244 g/mol. The van der Waals surface area contributed by atoms with Crippen molar-refractivity contribution in [1.29, 1.82) is 0 Å². The number of rotatable bonds is 6. The van der Waals surface area contributed by atoms with E-state index in [1.54, 1.807) is 0 Å². The Kier molecular flexibility index (Phi) is 4.63. The second kappa shape index (κ2) is 6.43. The molecule has 1 aromatic carbocycles. The summed E-state index contributed by atoms with van der Waals surface area (Å²) < 4.78 is 10.6. The van der Waals surface area contributed by atoms with Crippen LogP contribution in [0.1, 0.15) is 18.9 Å². The molecule has 2 rings (SSSR count). The molecule has 0 aliphatic carbocycles. The second-order valence-corrected chi connectivity index (χ2v) is 4.71. The van der Waals surface area contributed by atoms with Crippen LogP contribution in [-0.2, 0) is 11.3 Å². The Balaban J connectivity index is 1.85. The molecule has 0 bridgehead atoms. The van der Waals surface area contributed by atoms with E-state index in [1.807, 2.05) is 37.1 Å². The van der Waals surface area contributed by atoms with Gasteiger partial charge in [-0.15, -0.1) is 0 Å². The van der Waals surface area contributed by atoms with Crippen LogP contribution in [0.15, 0.2) is 18.2 Å². The van der Waals surface area contributed by atoms with Gasteiger partial charge in [0.15, 0.2) is 11.5 Å². The zero-order valence-corrected chi connectivity index (χ0v) is 11.4. The lowest BCUT2D eigenvalue weighted by Crippen LogP contribution is -2.35. The number of fused-ring (bicyclic) bond motifs is 1. The predicted octanol–water partition coefficient (Wildman–Crippen LogP) is 1.37. The maximum absolute atomic E-state index is 11.6. The molecule has 0 saturated carbocycles. The summed E-state index contributed by atoms with van der Waals surface area (Å²) in [5.74, 6) is 1.62. The summed E-state index contributed by atoms with van der Waals surface area (Å²) in [6.45, 7) is 4.16. The molecule has 1 aromatic rings. The highest BCUT2D eigenvalue weighted by atomic mass is 16.7. The predicted molar refractivity (Wildman–Crippen MR) is 72.2 cm³/mol. The Morgan fingerprint density at radius 2 is 2.16 bits per heavy atom. The summed E-state index contributed by atoms with van der Waals surface area (Å²) in [5, 5.41) is 2.87. The molecule has 0 aromatic heterocycles. The van der Waals surface area contributed by atoms with Gasteiger partial charge in [0.05, 0.1) is 6.54 Å². The molecule has 19 heavy (non-hydrogen) atoms. The van der Waals surface area contributed by atoms with Gasteiger partial charge < -0.3 is 14.8 Å². The third-order valence-corrected chi connectivity index (χ3v) is 2.88. The van der Waals surface area contributed by atoms with E-state index in [9.17, 15) is 4.79 Å². The average Bonchev–Trinajstić information content (AvgIpc) is 2.83. The average molecular weight is 264 g/mol. The zero-order chi connectivity index (χ0) is 13.7. The van der Waals surface area contributed by atoms with Gasteiger partial charge in [-0.1, -0.05) is 13.0 Å². The van der Waals surface area contributed by atoms with Crippen LogP contribution in [-0.4, -0.2) is 37.7 Å². The number of nitrogens with one attached hydrogen (secondary N) is 1. The number of ether oxygens (including phenoxy) is 2. The van der Waals surface area contributed by atoms with E-state index >= 15 is 0 Å². The molecule has 0 atom stereocenters. The first-order valence-electron chi connectivity index (χ1n) is 6.53. The van der Waals surface area contributed by atoms with Crippen LogP contribution in [0.3, 0.4) is 0 Å². The fourth-order valence-corrected chi connectivity index (χ4v) is 1.97. The number of carbonyl (C=O) groups excluding carboxylic acids is 1. The van der Waals surface area contributed by atoms with E-state index in [-0.39, 0.29) is 12.7 Å². The molecule has 1 heterocycles. The zero-order valence-electron chi connectivity index (χ0n) is 11.4. The van der Waals surface area contributed by atoms with Crippen molar-refractivity contribution in [2.45, 2.75) is 19.9 Å². The lowest BCUT2D eigenvalue weighted by atomic mass is 10.2. The van der Waals surface area contributed by atoms with Crippen LogP contribution in [0.25, 0.3) is 0 Å². The first-order chi connectivity index (χ1) is 9.19. The molecule has 1 amide bonds. The molecule has 0 saturated heterocycles. The number of carbonyl (C=O) groups is 1. The monoisotopic (exact) mass is 264 g/mol. The van der Waals surface area contributed by atoms with E-state index in [1.165, 1.54) is 0 Å². The number of nitrogens with zero attached hydrogens (tertiary/aromatic N) is 1. The number of amides is 1. The molecule has 1 aliphatic heterocycles. The first-order valence-corrected chi connectivity index (χ1v) is 6.53. The van der Waals surface area contributed by atoms with Gasteiger partial charge >= 0.3 is 0 Å². The number of benzene rings is 1. The molecule has 0 spiro atoms. The number of hydrogen-bond donors (Lipinski definition) is 1. The summed E-state index contributed by atoms with van der Waals surface area (Å²) in [5.41, 5.74) is 1.11. The fourth-order valence-electron chi connectivity index (χ4n) is 1.97. The van der Waals surface area contributed by atoms with Crippen LogP contribution in [0.5, 0.6) is 11.5 Å². The van der Waals surface area contributed by atoms with Crippen LogP contribution in [0, 0.1) is 0 Å². The third-order valence-electron chi connectivity index (χ3n) is 2.88. The molecule has 0 unspecified atom stereocenters. The standard InChI is InChI=1S/C14H20N2O3/c1-3-6-15-14(17)9-16(2)8-11-4-5-12-13(7-11)19-10-18-12/h4-5,7H,3,6,8-10H2,1-2H3,(H,15,17). The van der Waals surface area contributed by atoms with Gasteiger partial charge in [0.1, 0.15) is 0 Å². The first kappa shape index (κ1) is 13.7. The molecule has 104 valence electrons. The lowest BCUT2D eigenvalue weighted by Gasteiger charge is -2.16. The Hall–Kier alpha value is -1.75. The lowest BCUT2D eigenvalue weighted by molar-refractivity contribution is -0.122. The molecule has 1 N–H and O–H groups in total. The Morgan fingerprint density at radius 1 is 1.37 bits per heavy atom. The van der Waals surface area contributed by atoms with Gasteiger partial charge in [-0.3, -0.25) is 9.69 Å². The van der Waals surface area contributed by atoms with Crippen molar-refractivity contribution in [1.82, 2.24) is 10.2 Å². The minimum absolute atomic E-state index is 0.0603. The van der Waals surface area contributed by atoms with Crippen molar-refractivity contribution in [2.24, 2.45) is 0 Å². The van der Waals surface area contributed by atoms with Crippen LogP contribution in [0.4, 0.5) is 0 Å². The summed E-state index contributed by atoms with van der Waals surface area (Å²) in [7, 11) is 1.93. The summed E-state index contributed by atoms with van der Waals surface area (Å²) >= 11 is 0. The Labute approximate surface area is 113 Å². The third kappa shape index (κ3) is 3.86. The molecule has 0 radical (unpaired) electrons. The van der Waals surface area contributed by atoms with Gasteiger partial charge in [0.2, 0.25) is 12.7 Å². The van der Waals surface area contributed by atoms with E-state index in [0.717, 1.165) is 30.0 Å². The van der Waals surface area contributed by atoms with Gasteiger partial charge in [0.25, 0.3) is 0 Å². The smallest absolute Gasteiger partial charge is 0.234 e. The largest absolute Gasteiger partial charge is 0.454 e. The summed E-state index contributed by atoms with van der Waals surface area (Å²) in [6.07, 6.45) is 0.956. The maximum atomic E-state index is 11.6. The Bertz CT molecular complexity index is 448. The maximum Gasteiger partial charge on any atom is 0.234 e. The molecule has 1 aliphatic rings. The van der Waals surface area contributed by atoms with Crippen molar-refractivity contribution in [2.75, 3.05) is 26.9 Å². The van der Waals surface area contributed by atoms with E-state index in [4.69, 9.17) is 9.47 Å². The molecule has 5 heteroatoms. The molecule has 5 nitrogen and oxygen atoms in total. The SMILES string of the molecule is CCCNC(=O)CN(C)Cc1ccc2c(c1)OCO2. The minimum Gasteiger partial charge on any atom is -0.454 e. The number of hydrogen-bond acceptors (Lipinski definition) is 4. The molecule has 0 fully saturated rings. The highest BCUT2D eigenvalue weighted by molar-refractivity contribution is 5.77. The minimum atomic E-state index is 0.0603. The van der Waals surface area contributed by atoms with Crippen LogP contribution >= 0.6 is 0 Å². The highest BCUT2D eigenvalue weighted by Gasteiger charge is 2.14. The summed E-state index contributed by atoms with van der Waals surface area (Å²) in [6, 6.07) is 5.86. The van der Waals surface area contributed by atoms with E-state index < -0.39 is 0 Å². The quantitative estimate of drug-likeness (QED) is 0.843. The van der Waals surface area contributed by atoms with Gasteiger partial charge in [-0.2, -0.15) is 0 Å². The Morgan fingerprint density at radius 3 is 2.95 bits per heavy atom. The van der Waals surface area contributed by atoms with Gasteiger partial charge in [-0.25, -0.2) is 0 Å². The summed E-state index contributed by atoms with van der Waals surface area (Å²) in [4.78, 5) is 13.6. The number of likely N-dealkylation sites (N-methyl/N-ethyl adjacent to an activating group) is 1. The van der Waals surface area contributed by atoms with Crippen molar-refractivity contribution in [3.8, 4) is 11.5 Å². The van der Waals surface area contributed by atoms with Crippen molar-refractivity contribution in [3.05, 3.63) is 23.8 Å². The van der Waals surface area contributed by atoms with Crippen LogP contribution in [0.2, 0.25) is 0 Å². The molecular formula is C14H20N2O3. The van der Waals surface area contributed by atoms with Crippen molar-refractivity contribution >= 4 is 5.91 Å². The normalized spacial score (nSPS) is 12.8. The van der Waals surface area contributed by atoms with E-state index in [0.29, 0.717) is 13.1 Å². The topological polar surface area (TPSA) is 50.8 Å². The van der Waals surface area contributed by atoms with Gasteiger partial charge in [0, 0.05) is 13.1 Å². The van der Waals surface area contributed by atoms with Gasteiger partial charge in [-0.05, 0) is 31.2 Å². The second-order valence-electron chi connectivity index (χ2n) is 4.71. The van der Waals surface area contributed by atoms with Crippen molar-refractivity contribution < 1.29 is 14.3 Å².